The Kier molecular flexibility index (Phi) is 4.86. The highest BCUT2D eigenvalue weighted by atomic mass is 16.1. The molecule has 1 saturated heterocycles. The zero-order valence-corrected chi connectivity index (χ0v) is 13.4. The summed E-state index contributed by atoms with van der Waals surface area (Å²) in [6.07, 6.45) is 5.87. The van der Waals surface area contributed by atoms with Gasteiger partial charge in [0.15, 0.2) is 0 Å². The molecule has 0 spiro atoms. The van der Waals surface area contributed by atoms with Crippen LogP contribution in [-0.2, 0) is 6.54 Å². The van der Waals surface area contributed by atoms with Crippen molar-refractivity contribution >= 4 is 11.7 Å². The van der Waals surface area contributed by atoms with Crippen LogP contribution in [0.5, 0.6) is 0 Å². The number of pyridine rings is 2. The molecule has 0 radical (unpaired) electrons. The molecule has 3 rings (SSSR count). The summed E-state index contributed by atoms with van der Waals surface area (Å²) < 4.78 is 0. The lowest BCUT2D eigenvalue weighted by molar-refractivity contribution is 0.0950. The van der Waals surface area contributed by atoms with Gasteiger partial charge in [0, 0.05) is 25.5 Å². The minimum atomic E-state index is -0.100. The van der Waals surface area contributed by atoms with Crippen LogP contribution >= 0.6 is 0 Å². The molecular weight excluding hydrogens is 288 g/mol. The Labute approximate surface area is 136 Å². The van der Waals surface area contributed by atoms with Gasteiger partial charge < -0.3 is 10.2 Å². The highest BCUT2D eigenvalue weighted by Gasteiger charge is 2.22. The van der Waals surface area contributed by atoms with Gasteiger partial charge in [-0.1, -0.05) is 13.0 Å². The van der Waals surface area contributed by atoms with Gasteiger partial charge in [-0.2, -0.15) is 0 Å². The summed E-state index contributed by atoms with van der Waals surface area (Å²) in [5.74, 6) is 1.32. The van der Waals surface area contributed by atoms with Crippen molar-refractivity contribution in [2.45, 2.75) is 26.3 Å². The quantitative estimate of drug-likeness (QED) is 0.943. The summed E-state index contributed by atoms with van der Waals surface area (Å²) in [6.45, 7) is 4.58. The maximum absolute atomic E-state index is 12.6. The number of amides is 1. The fourth-order valence-corrected chi connectivity index (χ4v) is 2.98. The summed E-state index contributed by atoms with van der Waals surface area (Å²) in [5.41, 5.74) is 1.48. The molecule has 1 fully saturated rings. The smallest absolute Gasteiger partial charge is 0.255 e. The third-order valence-corrected chi connectivity index (χ3v) is 4.14. The normalized spacial score (nSPS) is 17.8. The molecule has 120 valence electrons. The van der Waals surface area contributed by atoms with Crippen LogP contribution in [0, 0.1) is 5.92 Å². The molecule has 1 N–H and O–H groups in total. The van der Waals surface area contributed by atoms with Gasteiger partial charge in [-0.05, 0) is 43.0 Å². The van der Waals surface area contributed by atoms with Gasteiger partial charge in [-0.25, -0.2) is 4.98 Å². The number of aromatic nitrogens is 2. The Morgan fingerprint density at radius 3 is 2.91 bits per heavy atom. The Morgan fingerprint density at radius 1 is 1.26 bits per heavy atom. The van der Waals surface area contributed by atoms with E-state index < -0.39 is 0 Å². The van der Waals surface area contributed by atoms with E-state index in [0.29, 0.717) is 18.0 Å². The molecule has 1 aliphatic rings. The lowest BCUT2D eigenvalue weighted by Crippen LogP contribution is -2.36. The Bertz CT molecular complexity index is 659. The summed E-state index contributed by atoms with van der Waals surface area (Å²) in [7, 11) is 0. The summed E-state index contributed by atoms with van der Waals surface area (Å²) in [6, 6.07) is 9.33. The van der Waals surface area contributed by atoms with Crippen molar-refractivity contribution in [2.75, 3.05) is 18.0 Å². The first-order valence-electron chi connectivity index (χ1n) is 8.12. The second-order valence-corrected chi connectivity index (χ2v) is 6.07. The van der Waals surface area contributed by atoms with Crippen LogP contribution < -0.4 is 10.2 Å². The third kappa shape index (κ3) is 3.86. The van der Waals surface area contributed by atoms with E-state index in [0.717, 1.165) is 31.0 Å². The van der Waals surface area contributed by atoms with Gasteiger partial charge in [-0.15, -0.1) is 0 Å². The Balaban J connectivity index is 1.73. The Morgan fingerprint density at radius 2 is 2.13 bits per heavy atom. The molecule has 23 heavy (non-hydrogen) atoms. The van der Waals surface area contributed by atoms with Crippen molar-refractivity contribution in [3.8, 4) is 0 Å². The highest BCUT2D eigenvalue weighted by molar-refractivity contribution is 5.98. The molecule has 2 aromatic rings. The fraction of sp³-hybridized carbons (Fsp3) is 0.389. The molecule has 1 unspecified atom stereocenters. The van der Waals surface area contributed by atoms with E-state index >= 15 is 0 Å². The minimum Gasteiger partial charge on any atom is -0.356 e. The molecule has 1 amide bonds. The standard InChI is InChI=1S/C18H22N4O/c1-14-6-5-11-22(13-14)17-16(8-4-10-20-17)18(23)21-12-15-7-2-3-9-19-15/h2-4,7-10,14H,5-6,11-13H2,1H3,(H,21,23). The summed E-state index contributed by atoms with van der Waals surface area (Å²) in [5, 5.41) is 2.94. The van der Waals surface area contributed by atoms with Crippen molar-refractivity contribution in [3.05, 3.63) is 54.0 Å². The molecule has 1 aliphatic heterocycles. The van der Waals surface area contributed by atoms with E-state index in [2.05, 4.69) is 27.1 Å². The van der Waals surface area contributed by atoms with Gasteiger partial charge in [0.05, 0.1) is 17.8 Å². The topological polar surface area (TPSA) is 58.1 Å². The number of carbonyl (C=O) groups is 1. The monoisotopic (exact) mass is 310 g/mol. The van der Waals surface area contributed by atoms with Gasteiger partial charge in [0.25, 0.3) is 5.91 Å². The van der Waals surface area contributed by atoms with E-state index in [1.165, 1.54) is 6.42 Å². The SMILES string of the molecule is CC1CCCN(c2ncccc2C(=O)NCc2ccccn2)C1. The van der Waals surface area contributed by atoms with Gasteiger partial charge in [-0.3, -0.25) is 9.78 Å². The number of rotatable bonds is 4. The number of nitrogens with zero attached hydrogens (tertiary/aromatic N) is 3. The van der Waals surface area contributed by atoms with Crippen molar-refractivity contribution in [2.24, 2.45) is 5.92 Å². The van der Waals surface area contributed by atoms with E-state index in [4.69, 9.17) is 0 Å². The van der Waals surface area contributed by atoms with Crippen LogP contribution in [-0.4, -0.2) is 29.0 Å². The predicted octanol–water partition coefficient (Wildman–Crippen LogP) is 2.64. The molecule has 2 aromatic heterocycles. The van der Waals surface area contributed by atoms with Crippen LogP contribution in [0.4, 0.5) is 5.82 Å². The first-order chi connectivity index (χ1) is 11.2. The molecule has 5 nitrogen and oxygen atoms in total. The van der Waals surface area contributed by atoms with Crippen LogP contribution in [0.15, 0.2) is 42.7 Å². The molecule has 3 heterocycles. The average Bonchev–Trinajstić information content (AvgIpc) is 2.60. The largest absolute Gasteiger partial charge is 0.356 e. The Hall–Kier alpha value is -2.43. The van der Waals surface area contributed by atoms with Gasteiger partial charge in [0.1, 0.15) is 5.82 Å². The van der Waals surface area contributed by atoms with Gasteiger partial charge >= 0.3 is 0 Å². The number of anilines is 1. The number of carbonyl (C=O) groups excluding carboxylic acids is 1. The van der Waals surface area contributed by atoms with E-state index in [1.807, 2.05) is 30.3 Å². The number of piperidine rings is 1. The van der Waals surface area contributed by atoms with Crippen molar-refractivity contribution < 1.29 is 4.79 Å². The summed E-state index contributed by atoms with van der Waals surface area (Å²) >= 11 is 0. The van der Waals surface area contributed by atoms with Crippen molar-refractivity contribution in [3.63, 3.8) is 0 Å². The second kappa shape index (κ2) is 7.22. The highest BCUT2D eigenvalue weighted by Crippen LogP contribution is 2.24. The van der Waals surface area contributed by atoms with E-state index in [-0.39, 0.29) is 5.91 Å². The molecule has 1 atom stereocenters. The van der Waals surface area contributed by atoms with Gasteiger partial charge in [0.2, 0.25) is 0 Å². The number of hydrogen-bond acceptors (Lipinski definition) is 4. The maximum atomic E-state index is 12.6. The molecule has 5 heteroatoms. The van der Waals surface area contributed by atoms with Crippen molar-refractivity contribution in [1.29, 1.82) is 0 Å². The lowest BCUT2D eigenvalue weighted by Gasteiger charge is -2.32. The van der Waals surface area contributed by atoms with Crippen LogP contribution in [0.25, 0.3) is 0 Å². The summed E-state index contributed by atoms with van der Waals surface area (Å²) in [4.78, 5) is 23.5. The van der Waals surface area contributed by atoms with E-state index in [1.54, 1.807) is 12.4 Å². The molecule has 0 aromatic carbocycles. The van der Waals surface area contributed by atoms with Crippen LogP contribution in [0.1, 0.15) is 35.8 Å². The molecular formula is C18H22N4O. The third-order valence-electron chi connectivity index (χ3n) is 4.14. The predicted molar refractivity (Wildman–Crippen MR) is 90.3 cm³/mol. The van der Waals surface area contributed by atoms with E-state index in [9.17, 15) is 4.79 Å². The maximum Gasteiger partial charge on any atom is 0.255 e. The van der Waals surface area contributed by atoms with Crippen LogP contribution in [0.3, 0.4) is 0 Å². The number of nitrogens with one attached hydrogen (secondary N) is 1. The second-order valence-electron chi connectivity index (χ2n) is 6.07. The molecule has 0 bridgehead atoms. The molecule has 0 saturated carbocycles. The zero-order chi connectivity index (χ0) is 16.1. The number of hydrogen-bond donors (Lipinski definition) is 1. The van der Waals surface area contributed by atoms with Crippen LogP contribution in [0.2, 0.25) is 0 Å². The minimum absolute atomic E-state index is 0.100. The average molecular weight is 310 g/mol. The zero-order valence-electron chi connectivity index (χ0n) is 13.4. The lowest BCUT2D eigenvalue weighted by atomic mass is 10.00. The first-order valence-corrected chi connectivity index (χ1v) is 8.12. The van der Waals surface area contributed by atoms with Crippen molar-refractivity contribution in [1.82, 2.24) is 15.3 Å². The fourth-order valence-electron chi connectivity index (χ4n) is 2.98. The first kappa shape index (κ1) is 15.5. The molecule has 0 aliphatic carbocycles.